The minimum absolute atomic E-state index is 0.0656. The number of benzene rings is 2. The van der Waals surface area contributed by atoms with Crippen LogP contribution < -0.4 is 4.72 Å². The highest BCUT2D eigenvalue weighted by atomic mass is 79.9. The minimum atomic E-state index is -3.84. The Labute approximate surface area is 136 Å². The maximum Gasteiger partial charge on any atom is 0.263 e. The summed E-state index contributed by atoms with van der Waals surface area (Å²) in [4.78, 5) is -0.0656. The third kappa shape index (κ3) is 3.58. The monoisotopic (exact) mass is 389 g/mol. The van der Waals surface area contributed by atoms with Gasteiger partial charge in [0, 0.05) is 4.47 Å². The summed E-state index contributed by atoms with van der Waals surface area (Å²) < 4.78 is 28.1. The Morgan fingerprint density at radius 3 is 2.67 bits per heavy atom. The number of aryl methyl sites for hydroxylation is 1. The zero-order valence-electron chi connectivity index (χ0n) is 11.1. The fraction of sp³-hybridized carbons (Fsp3) is 0.143. The Balaban J connectivity index is 2.46. The van der Waals surface area contributed by atoms with Crippen molar-refractivity contribution in [1.29, 1.82) is 0 Å². The number of sulfonamides is 1. The number of aliphatic hydroxyl groups is 1. The summed E-state index contributed by atoms with van der Waals surface area (Å²) in [6, 6.07) is 9.65. The SMILES string of the molecule is Cc1cccc(NS(=O)(=O)c2cc(CO)ccc2Cl)c1Br. The first-order valence-electron chi connectivity index (χ1n) is 6.02. The van der Waals surface area contributed by atoms with Crippen LogP contribution in [0.1, 0.15) is 11.1 Å². The highest BCUT2D eigenvalue weighted by Crippen LogP contribution is 2.30. The lowest BCUT2D eigenvalue weighted by Gasteiger charge is -2.12. The van der Waals surface area contributed by atoms with Gasteiger partial charge in [-0.3, -0.25) is 4.72 Å². The number of hydrogen-bond acceptors (Lipinski definition) is 3. The van der Waals surface area contributed by atoms with Crippen molar-refractivity contribution in [3.05, 3.63) is 57.0 Å². The number of halogens is 2. The average Bonchev–Trinajstić information content (AvgIpc) is 2.44. The Hall–Kier alpha value is -1.08. The number of anilines is 1. The molecule has 0 saturated heterocycles. The van der Waals surface area contributed by atoms with Gasteiger partial charge in [-0.05, 0) is 52.2 Å². The molecule has 2 N–H and O–H groups in total. The summed E-state index contributed by atoms with van der Waals surface area (Å²) >= 11 is 9.31. The Bertz CT molecular complexity index is 778. The number of nitrogens with one attached hydrogen (secondary N) is 1. The van der Waals surface area contributed by atoms with Crippen LogP contribution >= 0.6 is 27.5 Å². The average molecular weight is 391 g/mol. The van der Waals surface area contributed by atoms with Gasteiger partial charge in [-0.25, -0.2) is 8.42 Å². The van der Waals surface area contributed by atoms with Gasteiger partial charge in [0.05, 0.1) is 17.3 Å². The third-order valence-corrected chi connectivity index (χ3v) is 5.80. The third-order valence-electron chi connectivity index (χ3n) is 2.90. The maximum atomic E-state index is 12.5. The van der Waals surface area contributed by atoms with E-state index in [1.807, 2.05) is 13.0 Å². The highest BCUT2D eigenvalue weighted by molar-refractivity contribution is 9.10. The standard InChI is InChI=1S/C14H13BrClNO3S/c1-9-3-2-4-12(14(9)15)17-21(19,20)13-7-10(8-18)5-6-11(13)16/h2-7,17-18H,8H2,1H3. The van der Waals surface area contributed by atoms with Gasteiger partial charge in [0.25, 0.3) is 10.0 Å². The molecule has 21 heavy (non-hydrogen) atoms. The predicted molar refractivity (Wildman–Crippen MR) is 87.1 cm³/mol. The molecule has 112 valence electrons. The first-order chi connectivity index (χ1) is 9.85. The molecule has 2 aromatic carbocycles. The van der Waals surface area contributed by atoms with E-state index in [0.717, 1.165) is 5.56 Å². The summed E-state index contributed by atoms with van der Waals surface area (Å²) in [5, 5.41) is 9.22. The van der Waals surface area contributed by atoms with E-state index in [1.54, 1.807) is 18.2 Å². The van der Waals surface area contributed by atoms with Gasteiger partial charge >= 0.3 is 0 Å². The molecule has 4 nitrogen and oxygen atoms in total. The summed E-state index contributed by atoms with van der Waals surface area (Å²) in [6.07, 6.45) is 0. The molecule has 2 rings (SSSR count). The molecule has 0 amide bonds. The van der Waals surface area contributed by atoms with Gasteiger partial charge < -0.3 is 5.11 Å². The summed E-state index contributed by atoms with van der Waals surface area (Å²) in [5.41, 5.74) is 1.81. The van der Waals surface area contributed by atoms with E-state index >= 15 is 0 Å². The van der Waals surface area contributed by atoms with Crippen molar-refractivity contribution in [1.82, 2.24) is 0 Å². The molecule has 7 heteroatoms. The fourth-order valence-corrected chi connectivity index (χ4v) is 3.90. The normalized spacial score (nSPS) is 11.4. The first-order valence-corrected chi connectivity index (χ1v) is 8.68. The molecule has 0 radical (unpaired) electrons. The smallest absolute Gasteiger partial charge is 0.263 e. The van der Waals surface area contributed by atoms with Crippen molar-refractivity contribution >= 4 is 43.2 Å². The lowest BCUT2D eigenvalue weighted by atomic mass is 10.2. The molecule has 0 saturated carbocycles. The van der Waals surface area contributed by atoms with E-state index in [0.29, 0.717) is 15.7 Å². The van der Waals surface area contributed by atoms with E-state index in [-0.39, 0.29) is 16.5 Å². The van der Waals surface area contributed by atoms with Crippen molar-refractivity contribution in [2.75, 3.05) is 4.72 Å². The van der Waals surface area contributed by atoms with Crippen LogP contribution in [0.2, 0.25) is 5.02 Å². The van der Waals surface area contributed by atoms with Crippen LogP contribution in [0.15, 0.2) is 45.8 Å². The minimum Gasteiger partial charge on any atom is -0.392 e. The zero-order chi connectivity index (χ0) is 15.6. The van der Waals surface area contributed by atoms with Crippen LogP contribution in [0, 0.1) is 6.92 Å². The van der Waals surface area contributed by atoms with Gasteiger partial charge in [-0.15, -0.1) is 0 Å². The van der Waals surface area contributed by atoms with Crippen LogP contribution in [-0.4, -0.2) is 13.5 Å². The van der Waals surface area contributed by atoms with Crippen molar-refractivity contribution in [2.24, 2.45) is 0 Å². The van der Waals surface area contributed by atoms with E-state index < -0.39 is 10.0 Å². The second-order valence-corrected chi connectivity index (χ2v) is 7.32. The van der Waals surface area contributed by atoms with E-state index in [1.165, 1.54) is 12.1 Å². The molecule has 0 fully saturated rings. The molecule has 0 bridgehead atoms. The maximum absolute atomic E-state index is 12.5. The molecule has 0 aliphatic rings. The predicted octanol–water partition coefficient (Wildman–Crippen LogP) is 3.70. The van der Waals surface area contributed by atoms with Crippen molar-refractivity contribution in [2.45, 2.75) is 18.4 Å². The lowest BCUT2D eigenvalue weighted by molar-refractivity contribution is 0.281. The van der Waals surface area contributed by atoms with Gasteiger partial charge in [0.2, 0.25) is 0 Å². The number of hydrogen-bond donors (Lipinski definition) is 2. The summed E-state index contributed by atoms with van der Waals surface area (Å²) in [7, 11) is -3.84. The van der Waals surface area contributed by atoms with Crippen molar-refractivity contribution < 1.29 is 13.5 Å². The van der Waals surface area contributed by atoms with E-state index in [4.69, 9.17) is 16.7 Å². The summed E-state index contributed by atoms with van der Waals surface area (Å²) in [6.45, 7) is 1.61. The molecule has 0 aliphatic carbocycles. The molecular weight excluding hydrogens is 378 g/mol. The van der Waals surface area contributed by atoms with Gasteiger partial charge in [-0.2, -0.15) is 0 Å². The van der Waals surface area contributed by atoms with Gasteiger partial charge in [0.15, 0.2) is 0 Å². The molecule has 0 unspecified atom stereocenters. The van der Waals surface area contributed by atoms with Crippen molar-refractivity contribution in [3.8, 4) is 0 Å². The van der Waals surface area contributed by atoms with Crippen molar-refractivity contribution in [3.63, 3.8) is 0 Å². The fourth-order valence-electron chi connectivity index (χ4n) is 1.78. The molecule has 2 aromatic rings. The molecule has 0 spiro atoms. The second kappa shape index (κ2) is 6.36. The Kier molecular flexibility index (Phi) is 4.93. The van der Waals surface area contributed by atoms with Gasteiger partial charge in [-0.1, -0.05) is 29.8 Å². The quantitative estimate of drug-likeness (QED) is 0.836. The largest absolute Gasteiger partial charge is 0.392 e. The van der Waals surface area contributed by atoms with Crippen LogP contribution in [0.25, 0.3) is 0 Å². The topological polar surface area (TPSA) is 66.4 Å². The summed E-state index contributed by atoms with van der Waals surface area (Å²) in [5.74, 6) is 0. The first kappa shape index (κ1) is 16.3. The lowest BCUT2D eigenvalue weighted by Crippen LogP contribution is -2.14. The Morgan fingerprint density at radius 2 is 2.00 bits per heavy atom. The second-order valence-electron chi connectivity index (χ2n) is 4.46. The number of rotatable bonds is 4. The van der Waals surface area contributed by atoms with Crippen LogP contribution in [0.3, 0.4) is 0 Å². The Morgan fingerprint density at radius 1 is 1.29 bits per heavy atom. The number of aliphatic hydroxyl groups excluding tert-OH is 1. The molecule has 0 aromatic heterocycles. The van der Waals surface area contributed by atoms with E-state index in [9.17, 15) is 8.42 Å². The van der Waals surface area contributed by atoms with E-state index in [2.05, 4.69) is 20.7 Å². The molecule has 0 aliphatic heterocycles. The van der Waals surface area contributed by atoms with Crippen LogP contribution in [0.5, 0.6) is 0 Å². The van der Waals surface area contributed by atoms with Crippen LogP contribution in [-0.2, 0) is 16.6 Å². The molecular formula is C14H13BrClNO3S. The van der Waals surface area contributed by atoms with Gasteiger partial charge in [0.1, 0.15) is 4.90 Å². The van der Waals surface area contributed by atoms with Crippen LogP contribution in [0.4, 0.5) is 5.69 Å². The highest BCUT2D eigenvalue weighted by Gasteiger charge is 2.20. The molecule has 0 atom stereocenters. The zero-order valence-corrected chi connectivity index (χ0v) is 14.3. The molecule has 0 heterocycles.